The van der Waals surface area contributed by atoms with Crippen LogP contribution in [0.4, 0.5) is 0 Å². The van der Waals surface area contributed by atoms with Gasteiger partial charge in [0, 0.05) is 30.8 Å². The standard InChI is InChI=1S/C20H31N3O4S/c1-15(2)11-23(18-9-10-28(26,27)14-18)19(24)13-22(4)12-16-5-7-17(8-6-16)20(25)21-3/h5-8,15,18H,9-14H2,1-4H3,(H,21,25)/p+1/t18-/m1/s1. The highest BCUT2D eigenvalue weighted by molar-refractivity contribution is 7.91. The highest BCUT2D eigenvalue weighted by atomic mass is 32.2. The number of quaternary nitrogens is 1. The van der Waals surface area contributed by atoms with E-state index in [1.165, 1.54) is 0 Å². The minimum absolute atomic E-state index is 0.00437. The molecular formula is C20H32N3O4S+. The Morgan fingerprint density at radius 2 is 1.89 bits per heavy atom. The SMILES string of the molecule is CNC(=O)c1ccc(C[NH+](C)CC(=O)N(CC(C)C)[C@@H]2CCS(=O)(=O)C2)cc1. The highest BCUT2D eigenvalue weighted by Crippen LogP contribution is 2.19. The van der Waals surface area contributed by atoms with Gasteiger partial charge in [0.25, 0.3) is 11.8 Å². The van der Waals surface area contributed by atoms with Crippen molar-refractivity contribution in [1.29, 1.82) is 0 Å². The molecule has 1 heterocycles. The first-order valence-electron chi connectivity index (χ1n) is 9.73. The third-order valence-corrected chi connectivity index (χ3v) is 6.68. The molecule has 0 radical (unpaired) electrons. The molecule has 156 valence electrons. The third kappa shape index (κ3) is 6.31. The maximum atomic E-state index is 12.9. The summed E-state index contributed by atoms with van der Waals surface area (Å²) < 4.78 is 23.7. The van der Waals surface area contributed by atoms with E-state index >= 15 is 0 Å². The number of carbonyl (C=O) groups is 2. The Labute approximate surface area is 168 Å². The van der Waals surface area contributed by atoms with Crippen molar-refractivity contribution in [3.63, 3.8) is 0 Å². The molecule has 0 saturated carbocycles. The lowest BCUT2D eigenvalue weighted by Gasteiger charge is -2.30. The number of amides is 2. The topological polar surface area (TPSA) is 88.0 Å². The van der Waals surface area contributed by atoms with Gasteiger partial charge in [0.2, 0.25) is 0 Å². The number of benzene rings is 1. The molecular weight excluding hydrogens is 378 g/mol. The van der Waals surface area contributed by atoms with Crippen molar-refractivity contribution in [1.82, 2.24) is 10.2 Å². The number of hydrogen-bond acceptors (Lipinski definition) is 4. The number of sulfone groups is 1. The van der Waals surface area contributed by atoms with Gasteiger partial charge < -0.3 is 15.1 Å². The van der Waals surface area contributed by atoms with Crippen molar-refractivity contribution >= 4 is 21.7 Å². The first-order valence-corrected chi connectivity index (χ1v) is 11.6. The second kappa shape index (κ2) is 9.52. The van der Waals surface area contributed by atoms with E-state index in [9.17, 15) is 18.0 Å². The molecule has 1 fully saturated rings. The van der Waals surface area contributed by atoms with E-state index in [4.69, 9.17) is 0 Å². The molecule has 2 rings (SSSR count). The fraction of sp³-hybridized carbons (Fsp3) is 0.600. The second-order valence-corrected chi connectivity index (χ2v) is 10.3. The van der Waals surface area contributed by atoms with Crippen molar-refractivity contribution in [2.45, 2.75) is 32.9 Å². The molecule has 28 heavy (non-hydrogen) atoms. The average molecular weight is 411 g/mol. The van der Waals surface area contributed by atoms with E-state index in [0.29, 0.717) is 31.6 Å². The zero-order valence-electron chi connectivity index (χ0n) is 17.2. The van der Waals surface area contributed by atoms with Crippen LogP contribution in [0.5, 0.6) is 0 Å². The normalized spacial score (nSPS) is 19.4. The van der Waals surface area contributed by atoms with Gasteiger partial charge in [-0.3, -0.25) is 9.59 Å². The van der Waals surface area contributed by atoms with Gasteiger partial charge in [-0.05, 0) is 24.5 Å². The summed E-state index contributed by atoms with van der Waals surface area (Å²) in [6.45, 7) is 5.61. The quantitative estimate of drug-likeness (QED) is 0.618. The summed E-state index contributed by atoms with van der Waals surface area (Å²) in [7, 11) is 0.510. The molecule has 2 N–H and O–H groups in total. The lowest BCUT2D eigenvalue weighted by Crippen LogP contribution is -3.09. The van der Waals surface area contributed by atoms with Crippen LogP contribution in [0.2, 0.25) is 0 Å². The van der Waals surface area contributed by atoms with Gasteiger partial charge in [-0.2, -0.15) is 0 Å². The highest BCUT2D eigenvalue weighted by Gasteiger charge is 2.35. The Bertz CT molecular complexity index is 790. The predicted octanol–water partition coefficient (Wildman–Crippen LogP) is -0.267. The van der Waals surface area contributed by atoms with Crippen LogP contribution in [-0.2, 0) is 21.2 Å². The second-order valence-electron chi connectivity index (χ2n) is 8.08. The van der Waals surface area contributed by atoms with Crippen LogP contribution >= 0.6 is 0 Å². The first kappa shape index (κ1) is 22.4. The fourth-order valence-electron chi connectivity index (χ4n) is 3.56. The molecule has 1 aromatic carbocycles. The fourth-order valence-corrected chi connectivity index (χ4v) is 5.29. The van der Waals surface area contributed by atoms with Gasteiger partial charge in [0.05, 0.1) is 18.6 Å². The first-order chi connectivity index (χ1) is 13.1. The smallest absolute Gasteiger partial charge is 0.278 e. The van der Waals surface area contributed by atoms with Crippen molar-refractivity contribution in [2.75, 3.05) is 38.7 Å². The van der Waals surface area contributed by atoms with E-state index in [1.807, 2.05) is 33.0 Å². The maximum absolute atomic E-state index is 12.9. The number of nitrogens with zero attached hydrogens (tertiary/aromatic N) is 1. The molecule has 2 amide bonds. The van der Waals surface area contributed by atoms with E-state index < -0.39 is 9.84 Å². The number of carbonyl (C=O) groups excluding carboxylic acids is 2. The Morgan fingerprint density at radius 3 is 2.39 bits per heavy atom. The number of nitrogens with one attached hydrogen (secondary N) is 2. The van der Waals surface area contributed by atoms with Gasteiger partial charge in [-0.25, -0.2) is 8.42 Å². The Balaban J connectivity index is 1.99. The molecule has 1 saturated heterocycles. The van der Waals surface area contributed by atoms with E-state index in [2.05, 4.69) is 5.32 Å². The molecule has 1 aromatic rings. The van der Waals surface area contributed by atoms with E-state index in [0.717, 1.165) is 10.5 Å². The summed E-state index contributed by atoms with van der Waals surface area (Å²) in [6, 6.07) is 7.14. The number of rotatable bonds is 8. The Hall–Kier alpha value is -1.93. The van der Waals surface area contributed by atoms with Crippen LogP contribution < -0.4 is 10.2 Å². The molecule has 1 aliphatic rings. The summed E-state index contributed by atoms with van der Waals surface area (Å²) >= 11 is 0. The number of hydrogen-bond donors (Lipinski definition) is 2. The maximum Gasteiger partial charge on any atom is 0.278 e. The molecule has 0 aliphatic carbocycles. The summed E-state index contributed by atoms with van der Waals surface area (Å²) in [6.07, 6.45) is 0.529. The average Bonchev–Trinajstić information content (AvgIpc) is 2.98. The van der Waals surface area contributed by atoms with Gasteiger partial charge in [-0.1, -0.05) is 26.0 Å². The van der Waals surface area contributed by atoms with Crippen molar-refractivity contribution < 1.29 is 22.9 Å². The Morgan fingerprint density at radius 1 is 1.25 bits per heavy atom. The molecule has 0 aromatic heterocycles. The monoisotopic (exact) mass is 410 g/mol. The van der Waals surface area contributed by atoms with Crippen LogP contribution in [0.3, 0.4) is 0 Å². The third-order valence-electron chi connectivity index (χ3n) is 4.93. The van der Waals surface area contributed by atoms with Crippen LogP contribution in [-0.4, -0.2) is 69.9 Å². The molecule has 2 atom stereocenters. The molecule has 1 unspecified atom stereocenters. The zero-order valence-corrected chi connectivity index (χ0v) is 18.0. The van der Waals surface area contributed by atoms with E-state index in [1.54, 1.807) is 24.1 Å². The molecule has 1 aliphatic heterocycles. The molecule has 8 heteroatoms. The summed E-state index contributed by atoms with van der Waals surface area (Å²) in [5.74, 6) is 0.393. The molecule has 0 spiro atoms. The molecule has 0 bridgehead atoms. The zero-order chi connectivity index (χ0) is 20.9. The van der Waals surface area contributed by atoms with Crippen LogP contribution in [0.1, 0.15) is 36.2 Å². The minimum Gasteiger partial charge on any atom is -0.355 e. The lowest BCUT2D eigenvalue weighted by molar-refractivity contribution is -0.885. The van der Waals surface area contributed by atoms with Crippen molar-refractivity contribution in [2.24, 2.45) is 5.92 Å². The van der Waals surface area contributed by atoms with Crippen molar-refractivity contribution in [3.05, 3.63) is 35.4 Å². The molecule has 7 nitrogen and oxygen atoms in total. The van der Waals surface area contributed by atoms with Gasteiger partial charge in [-0.15, -0.1) is 0 Å². The Kier molecular flexibility index (Phi) is 7.60. The van der Waals surface area contributed by atoms with E-state index in [-0.39, 0.29) is 35.3 Å². The van der Waals surface area contributed by atoms with Crippen LogP contribution in [0, 0.1) is 5.92 Å². The predicted molar refractivity (Wildman–Crippen MR) is 109 cm³/mol. The summed E-state index contributed by atoms with van der Waals surface area (Å²) in [5.41, 5.74) is 1.64. The number of likely N-dealkylation sites (N-methyl/N-ethyl adjacent to an activating group) is 1. The van der Waals surface area contributed by atoms with Crippen LogP contribution in [0.15, 0.2) is 24.3 Å². The van der Waals surface area contributed by atoms with Crippen LogP contribution in [0.25, 0.3) is 0 Å². The van der Waals surface area contributed by atoms with Gasteiger partial charge in [0.15, 0.2) is 16.4 Å². The largest absolute Gasteiger partial charge is 0.355 e. The minimum atomic E-state index is -3.03. The summed E-state index contributed by atoms with van der Waals surface area (Å²) in [4.78, 5) is 27.3. The van der Waals surface area contributed by atoms with Crippen molar-refractivity contribution in [3.8, 4) is 0 Å². The summed E-state index contributed by atoms with van der Waals surface area (Å²) in [5, 5.41) is 2.59. The lowest BCUT2D eigenvalue weighted by atomic mass is 10.1. The van der Waals surface area contributed by atoms with Gasteiger partial charge >= 0.3 is 0 Å². The van der Waals surface area contributed by atoms with Gasteiger partial charge in [0.1, 0.15) is 6.54 Å².